The van der Waals surface area contributed by atoms with Crippen molar-refractivity contribution in [3.63, 3.8) is 0 Å². The predicted octanol–water partition coefficient (Wildman–Crippen LogP) is 2.70. The number of halogens is 2. The second-order valence-electron chi connectivity index (χ2n) is 4.76. The Balaban J connectivity index is 2.13. The average molecular weight is 350 g/mol. The lowest BCUT2D eigenvalue weighted by Crippen LogP contribution is -2.21. The molecular formula is C16H13ClFN3O3. The van der Waals surface area contributed by atoms with Crippen molar-refractivity contribution in [3.05, 3.63) is 70.0 Å². The van der Waals surface area contributed by atoms with Gasteiger partial charge in [0.15, 0.2) is 0 Å². The third-order valence-corrected chi connectivity index (χ3v) is 3.37. The van der Waals surface area contributed by atoms with Crippen molar-refractivity contribution < 1.29 is 19.2 Å². The Labute approximate surface area is 142 Å². The van der Waals surface area contributed by atoms with Crippen LogP contribution in [-0.4, -0.2) is 35.3 Å². The highest BCUT2D eigenvalue weighted by Gasteiger charge is 2.11. The Morgan fingerprint density at radius 2 is 1.83 bits per heavy atom. The third kappa shape index (κ3) is 4.15. The summed E-state index contributed by atoms with van der Waals surface area (Å²) in [7, 11) is 1.43. The van der Waals surface area contributed by atoms with E-state index in [0.717, 1.165) is 17.3 Å². The van der Waals surface area contributed by atoms with E-state index in [9.17, 15) is 14.0 Å². The molecule has 2 N–H and O–H groups in total. The summed E-state index contributed by atoms with van der Waals surface area (Å²) < 4.78 is 13.9. The number of hydrazone groups is 1. The Morgan fingerprint density at radius 1 is 1.21 bits per heavy atom. The molecular weight excluding hydrogens is 337 g/mol. The molecule has 0 heterocycles. The molecule has 0 unspecified atom stereocenters. The molecule has 24 heavy (non-hydrogen) atoms. The summed E-state index contributed by atoms with van der Waals surface area (Å²) in [6.07, 6.45) is 1.16. The minimum absolute atomic E-state index is 0.0438. The van der Waals surface area contributed by atoms with Crippen LogP contribution in [0.3, 0.4) is 0 Å². The maximum absolute atomic E-state index is 13.9. The van der Waals surface area contributed by atoms with E-state index in [4.69, 9.17) is 16.8 Å². The highest BCUT2D eigenvalue weighted by molar-refractivity contribution is 6.30. The maximum atomic E-state index is 13.9. The molecule has 0 saturated heterocycles. The van der Waals surface area contributed by atoms with Crippen LogP contribution in [0.15, 0.2) is 47.6 Å². The SMILES string of the molecule is CN(/N=C/c1ccc(C(=O)NO)cc1F)C(=O)c1ccc(Cl)cc1. The Bertz CT molecular complexity index is 794. The number of carbonyl (C=O) groups excluding carboxylic acids is 2. The van der Waals surface area contributed by atoms with Crippen molar-refractivity contribution in [2.45, 2.75) is 0 Å². The van der Waals surface area contributed by atoms with Crippen molar-refractivity contribution in [1.29, 1.82) is 0 Å². The Morgan fingerprint density at radius 3 is 2.42 bits per heavy atom. The molecule has 124 valence electrons. The molecule has 8 heteroatoms. The number of nitrogens with zero attached hydrogens (tertiary/aromatic N) is 2. The summed E-state index contributed by atoms with van der Waals surface area (Å²) >= 11 is 5.76. The van der Waals surface area contributed by atoms with Crippen LogP contribution in [0.2, 0.25) is 5.02 Å². The van der Waals surface area contributed by atoms with Gasteiger partial charge in [-0.1, -0.05) is 11.6 Å². The predicted molar refractivity (Wildman–Crippen MR) is 86.8 cm³/mol. The first kappa shape index (κ1) is 17.6. The zero-order valence-electron chi connectivity index (χ0n) is 12.5. The number of hydrogen-bond donors (Lipinski definition) is 2. The molecule has 0 aliphatic rings. The van der Waals surface area contributed by atoms with Crippen molar-refractivity contribution in [1.82, 2.24) is 10.5 Å². The van der Waals surface area contributed by atoms with Gasteiger partial charge in [-0.3, -0.25) is 14.8 Å². The summed E-state index contributed by atoms with van der Waals surface area (Å²) in [6, 6.07) is 9.85. The summed E-state index contributed by atoms with van der Waals surface area (Å²) in [4.78, 5) is 23.3. The first-order valence-electron chi connectivity index (χ1n) is 6.74. The van der Waals surface area contributed by atoms with Crippen molar-refractivity contribution in [3.8, 4) is 0 Å². The smallest absolute Gasteiger partial charge is 0.274 e. The summed E-state index contributed by atoms with van der Waals surface area (Å²) in [6.45, 7) is 0. The molecule has 0 aliphatic heterocycles. The van der Waals surface area contributed by atoms with Gasteiger partial charge in [0.1, 0.15) is 5.82 Å². The fourth-order valence-electron chi connectivity index (χ4n) is 1.82. The lowest BCUT2D eigenvalue weighted by Gasteiger charge is -2.11. The largest absolute Gasteiger partial charge is 0.288 e. The molecule has 0 fully saturated rings. The number of rotatable bonds is 4. The van der Waals surface area contributed by atoms with Gasteiger partial charge in [0, 0.05) is 28.8 Å². The molecule has 2 rings (SSSR count). The van der Waals surface area contributed by atoms with Crippen LogP contribution in [0.4, 0.5) is 4.39 Å². The van der Waals surface area contributed by atoms with E-state index in [1.165, 1.54) is 24.7 Å². The number of amides is 2. The van der Waals surface area contributed by atoms with Gasteiger partial charge < -0.3 is 0 Å². The van der Waals surface area contributed by atoms with Crippen LogP contribution in [0.1, 0.15) is 26.3 Å². The van der Waals surface area contributed by atoms with E-state index in [1.807, 2.05) is 0 Å². The van der Waals surface area contributed by atoms with Crippen LogP contribution < -0.4 is 5.48 Å². The fraction of sp³-hybridized carbons (Fsp3) is 0.0625. The molecule has 6 nitrogen and oxygen atoms in total. The quantitative estimate of drug-likeness (QED) is 0.506. The number of hydroxylamine groups is 1. The van der Waals surface area contributed by atoms with Gasteiger partial charge in [0.2, 0.25) is 0 Å². The van der Waals surface area contributed by atoms with E-state index in [-0.39, 0.29) is 17.0 Å². The monoisotopic (exact) mass is 349 g/mol. The topological polar surface area (TPSA) is 82.0 Å². The van der Waals surface area contributed by atoms with Gasteiger partial charge in [0.25, 0.3) is 11.8 Å². The first-order valence-corrected chi connectivity index (χ1v) is 7.11. The van der Waals surface area contributed by atoms with Gasteiger partial charge in [0.05, 0.1) is 6.21 Å². The fourth-order valence-corrected chi connectivity index (χ4v) is 1.94. The molecule has 0 aromatic heterocycles. The summed E-state index contributed by atoms with van der Waals surface area (Å²) in [5.41, 5.74) is 1.84. The second-order valence-corrected chi connectivity index (χ2v) is 5.19. The van der Waals surface area contributed by atoms with E-state index >= 15 is 0 Å². The normalized spacial score (nSPS) is 10.7. The van der Waals surface area contributed by atoms with E-state index in [0.29, 0.717) is 10.6 Å². The van der Waals surface area contributed by atoms with Crippen molar-refractivity contribution in [2.75, 3.05) is 7.05 Å². The van der Waals surface area contributed by atoms with Gasteiger partial charge in [-0.25, -0.2) is 14.9 Å². The molecule has 0 saturated carbocycles. The average Bonchev–Trinajstić information content (AvgIpc) is 2.59. The van der Waals surface area contributed by atoms with Crippen LogP contribution in [0.25, 0.3) is 0 Å². The standard InChI is InChI=1S/C16H13ClFN3O3/c1-21(16(23)10-4-6-13(17)7-5-10)19-9-12-3-2-11(8-14(12)18)15(22)20-24/h2-9,24H,1H3,(H,20,22)/b19-9+. The van der Waals surface area contributed by atoms with E-state index in [2.05, 4.69) is 5.10 Å². The molecule has 0 bridgehead atoms. The van der Waals surface area contributed by atoms with Gasteiger partial charge in [-0.2, -0.15) is 5.10 Å². The zero-order chi connectivity index (χ0) is 17.7. The Hall–Kier alpha value is -2.77. The van der Waals surface area contributed by atoms with Crippen LogP contribution in [0.5, 0.6) is 0 Å². The van der Waals surface area contributed by atoms with E-state index in [1.54, 1.807) is 24.3 Å². The molecule has 2 aromatic rings. The lowest BCUT2D eigenvalue weighted by molar-refractivity contribution is 0.0705. The number of benzene rings is 2. The lowest BCUT2D eigenvalue weighted by atomic mass is 10.1. The van der Waals surface area contributed by atoms with Gasteiger partial charge in [-0.05, 0) is 42.5 Å². The third-order valence-electron chi connectivity index (χ3n) is 3.12. The minimum atomic E-state index is -0.826. The molecule has 2 amide bonds. The minimum Gasteiger partial charge on any atom is -0.288 e. The Kier molecular flexibility index (Phi) is 5.62. The number of carbonyl (C=O) groups is 2. The molecule has 0 aliphatic carbocycles. The van der Waals surface area contributed by atoms with Gasteiger partial charge >= 0.3 is 0 Å². The second kappa shape index (κ2) is 7.67. The van der Waals surface area contributed by atoms with Crippen LogP contribution in [-0.2, 0) is 0 Å². The van der Waals surface area contributed by atoms with Crippen LogP contribution >= 0.6 is 11.6 Å². The molecule has 0 spiro atoms. The molecule has 0 atom stereocenters. The molecule has 2 aromatic carbocycles. The van der Waals surface area contributed by atoms with E-state index < -0.39 is 11.7 Å². The highest BCUT2D eigenvalue weighted by atomic mass is 35.5. The van der Waals surface area contributed by atoms with Gasteiger partial charge in [-0.15, -0.1) is 0 Å². The van der Waals surface area contributed by atoms with Crippen molar-refractivity contribution in [2.24, 2.45) is 5.10 Å². The maximum Gasteiger partial charge on any atom is 0.274 e. The molecule has 0 radical (unpaired) electrons. The van der Waals surface area contributed by atoms with Crippen LogP contribution in [0, 0.1) is 5.82 Å². The first-order chi connectivity index (χ1) is 11.4. The number of nitrogens with one attached hydrogen (secondary N) is 1. The summed E-state index contributed by atoms with van der Waals surface area (Å²) in [5.74, 6) is -1.93. The zero-order valence-corrected chi connectivity index (χ0v) is 13.3. The highest BCUT2D eigenvalue weighted by Crippen LogP contribution is 2.12. The number of hydrogen-bond acceptors (Lipinski definition) is 4. The summed E-state index contributed by atoms with van der Waals surface area (Å²) in [5, 5.41) is 14.0. The van der Waals surface area contributed by atoms with Crippen molar-refractivity contribution >= 4 is 29.6 Å².